The molecule has 176 valence electrons. The number of rotatable bonds is 7. The molecule has 0 aromatic heterocycles. The predicted octanol–water partition coefficient (Wildman–Crippen LogP) is 4.65. The predicted molar refractivity (Wildman–Crippen MR) is 127 cm³/mol. The second kappa shape index (κ2) is 10.6. The van der Waals surface area contributed by atoms with Crippen molar-refractivity contribution < 1.29 is 24.0 Å². The van der Waals surface area contributed by atoms with Crippen LogP contribution in [0.25, 0.3) is 6.08 Å². The van der Waals surface area contributed by atoms with Crippen LogP contribution in [0.5, 0.6) is 0 Å². The molecule has 2 aromatic carbocycles. The Hall–Kier alpha value is -4.20. The topological polar surface area (TPSA) is 108 Å². The summed E-state index contributed by atoms with van der Waals surface area (Å²) in [4.78, 5) is 36.8. The number of dihydropyridines is 1. The van der Waals surface area contributed by atoms with Crippen molar-refractivity contribution in [2.75, 3.05) is 13.7 Å². The lowest BCUT2D eigenvalue weighted by Gasteiger charge is -2.30. The summed E-state index contributed by atoms with van der Waals surface area (Å²) < 4.78 is 10.6. The number of carbonyl (C=O) groups is 2. The zero-order valence-electron chi connectivity index (χ0n) is 19.5. The Morgan fingerprint density at radius 1 is 1.03 bits per heavy atom. The summed E-state index contributed by atoms with van der Waals surface area (Å²) in [6, 6.07) is 15.5. The third kappa shape index (κ3) is 5.40. The molecule has 0 saturated carbocycles. The van der Waals surface area contributed by atoms with Gasteiger partial charge in [-0.15, -0.1) is 0 Å². The first-order valence-corrected chi connectivity index (χ1v) is 10.6. The number of methoxy groups -OCH3 is 1. The van der Waals surface area contributed by atoms with E-state index in [0.717, 1.165) is 11.1 Å². The largest absolute Gasteiger partial charge is 0.466 e. The number of hydrogen-bond donors (Lipinski definition) is 1. The molecule has 1 aliphatic heterocycles. The zero-order chi connectivity index (χ0) is 24.8. The maximum atomic E-state index is 13.3. The maximum absolute atomic E-state index is 13.3. The van der Waals surface area contributed by atoms with E-state index >= 15 is 0 Å². The number of allylic oxidation sites excluding steroid dienone is 2. The third-order valence-electron chi connectivity index (χ3n) is 5.44. The number of nitrogens with one attached hydrogen (secondary N) is 1. The molecule has 1 heterocycles. The van der Waals surface area contributed by atoms with Crippen LogP contribution in [0.2, 0.25) is 0 Å². The van der Waals surface area contributed by atoms with Crippen LogP contribution < -0.4 is 5.32 Å². The van der Waals surface area contributed by atoms with E-state index in [0.29, 0.717) is 17.0 Å². The lowest BCUT2D eigenvalue weighted by Crippen LogP contribution is -2.32. The zero-order valence-corrected chi connectivity index (χ0v) is 19.5. The normalized spacial score (nSPS) is 16.1. The van der Waals surface area contributed by atoms with E-state index < -0.39 is 22.8 Å². The molecule has 0 fully saturated rings. The van der Waals surface area contributed by atoms with Crippen molar-refractivity contribution >= 4 is 23.7 Å². The number of carbonyl (C=O) groups excluding carboxylic acids is 2. The van der Waals surface area contributed by atoms with Crippen molar-refractivity contribution in [1.82, 2.24) is 5.32 Å². The Morgan fingerprint density at radius 3 is 2.29 bits per heavy atom. The number of nitrogens with zero attached hydrogens (tertiary/aromatic N) is 1. The van der Waals surface area contributed by atoms with Gasteiger partial charge >= 0.3 is 11.9 Å². The van der Waals surface area contributed by atoms with Crippen LogP contribution in [-0.2, 0) is 19.1 Å². The molecule has 1 N–H and O–H groups in total. The highest BCUT2D eigenvalue weighted by Gasteiger charge is 2.38. The molecule has 34 heavy (non-hydrogen) atoms. The average molecular weight is 463 g/mol. The molecule has 0 spiro atoms. The van der Waals surface area contributed by atoms with Crippen molar-refractivity contribution in [3.8, 4) is 0 Å². The molecule has 0 aliphatic carbocycles. The third-order valence-corrected chi connectivity index (χ3v) is 5.44. The first-order valence-electron chi connectivity index (χ1n) is 10.6. The van der Waals surface area contributed by atoms with Crippen LogP contribution in [0.1, 0.15) is 37.8 Å². The van der Waals surface area contributed by atoms with Gasteiger partial charge in [-0.2, -0.15) is 0 Å². The first-order chi connectivity index (χ1) is 16.2. The van der Waals surface area contributed by atoms with Gasteiger partial charge in [0.15, 0.2) is 0 Å². The van der Waals surface area contributed by atoms with E-state index in [1.165, 1.54) is 25.3 Å². The minimum absolute atomic E-state index is 0.0441. The van der Waals surface area contributed by atoms with E-state index in [4.69, 9.17) is 9.47 Å². The van der Waals surface area contributed by atoms with Gasteiger partial charge in [0, 0.05) is 23.5 Å². The second-order valence-electron chi connectivity index (χ2n) is 7.96. The molecular weight excluding hydrogens is 436 g/mol. The van der Waals surface area contributed by atoms with Crippen molar-refractivity contribution in [3.63, 3.8) is 0 Å². The van der Waals surface area contributed by atoms with Gasteiger partial charge in [0.2, 0.25) is 0 Å². The van der Waals surface area contributed by atoms with Crippen LogP contribution in [-0.4, -0.2) is 30.6 Å². The molecule has 0 amide bonds. The molecular formula is C26H26N2O6. The summed E-state index contributed by atoms with van der Waals surface area (Å²) >= 11 is 0. The smallest absolute Gasteiger partial charge is 0.337 e. The molecule has 8 nitrogen and oxygen atoms in total. The van der Waals surface area contributed by atoms with Crippen LogP contribution >= 0.6 is 0 Å². The number of benzene rings is 2. The van der Waals surface area contributed by atoms with Gasteiger partial charge < -0.3 is 14.8 Å². The Bertz CT molecular complexity index is 1210. The summed E-state index contributed by atoms with van der Waals surface area (Å²) in [6.45, 7) is 5.28. The van der Waals surface area contributed by atoms with E-state index in [1.807, 2.05) is 43.3 Å². The van der Waals surface area contributed by atoms with Crippen molar-refractivity contribution in [3.05, 3.63) is 104 Å². The summed E-state index contributed by atoms with van der Waals surface area (Å²) in [5.41, 5.74) is 3.45. The summed E-state index contributed by atoms with van der Waals surface area (Å²) in [6.07, 6.45) is 1.91. The molecule has 1 aliphatic rings. The first kappa shape index (κ1) is 24.4. The fourth-order valence-corrected chi connectivity index (χ4v) is 3.93. The SMILES string of the molecule is COC(=O)C1=C(C)NC(C)=C(C(=O)OCC(C)=Cc2ccccc2)C1c1cccc([N+](=O)[O-])c1. The van der Waals surface area contributed by atoms with Gasteiger partial charge in [0.05, 0.1) is 29.1 Å². The van der Waals surface area contributed by atoms with E-state index in [-0.39, 0.29) is 23.4 Å². The van der Waals surface area contributed by atoms with Crippen LogP contribution in [0.15, 0.2) is 82.7 Å². The minimum Gasteiger partial charge on any atom is -0.466 e. The Kier molecular flexibility index (Phi) is 7.63. The Labute approximate surface area is 197 Å². The lowest BCUT2D eigenvalue weighted by atomic mass is 9.80. The fraction of sp³-hybridized carbons (Fsp3) is 0.231. The van der Waals surface area contributed by atoms with E-state index in [2.05, 4.69) is 5.32 Å². The summed E-state index contributed by atoms with van der Waals surface area (Å²) in [5.74, 6) is -2.16. The number of nitro groups is 1. The van der Waals surface area contributed by atoms with Crippen LogP contribution in [0.4, 0.5) is 5.69 Å². The lowest BCUT2D eigenvalue weighted by molar-refractivity contribution is -0.384. The number of ether oxygens (including phenoxy) is 2. The standard InChI is InChI=1S/C26H26N2O6/c1-16(13-19-9-6-5-7-10-19)15-34-26(30)23-18(3)27-17(2)22(25(29)33-4)24(23)20-11-8-12-21(14-20)28(31)32/h5-14,24,27H,15H2,1-4H3. The molecule has 0 saturated heterocycles. The van der Waals surface area contributed by atoms with E-state index in [9.17, 15) is 19.7 Å². The van der Waals surface area contributed by atoms with Gasteiger partial charge in [-0.05, 0) is 37.5 Å². The van der Waals surface area contributed by atoms with E-state index in [1.54, 1.807) is 19.9 Å². The molecule has 3 rings (SSSR count). The highest BCUT2D eigenvalue weighted by Crippen LogP contribution is 2.40. The van der Waals surface area contributed by atoms with Gasteiger partial charge in [0.1, 0.15) is 6.61 Å². The second-order valence-corrected chi connectivity index (χ2v) is 7.96. The molecule has 0 radical (unpaired) electrons. The van der Waals surface area contributed by atoms with Gasteiger partial charge in [-0.1, -0.05) is 48.5 Å². The Balaban J connectivity index is 1.97. The molecule has 8 heteroatoms. The molecule has 0 bridgehead atoms. The number of non-ortho nitro benzene ring substituents is 1. The van der Waals surface area contributed by atoms with Crippen LogP contribution in [0, 0.1) is 10.1 Å². The average Bonchev–Trinajstić information content (AvgIpc) is 2.82. The van der Waals surface area contributed by atoms with Crippen LogP contribution in [0.3, 0.4) is 0 Å². The highest BCUT2D eigenvalue weighted by molar-refractivity contribution is 6.00. The van der Waals surface area contributed by atoms with Crippen molar-refractivity contribution in [2.45, 2.75) is 26.7 Å². The van der Waals surface area contributed by atoms with Gasteiger partial charge in [0.25, 0.3) is 5.69 Å². The number of hydrogen-bond acceptors (Lipinski definition) is 7. The molecule has 2 aromatic rings. The highest BCUT2D eigenvalue weighted by atomic mass is 16.6. The van der Waals surface area contributed by atoms with Crippen molar-refractivity contribution in [2.24, 2.45) is 0 Å². The minimum atomic E-state index is -0.889. The molecule has 1 unspecified atom stereocenters. The van der Waals surface area contributed by atoms with Crippen molar-refractivity contribution in [1.29, 1.82) is 0 Å². The summed E-state index contributed by atoms with van der Waals surface area (Å²) in [7, 11) is 1.24. The summed E-state index contributed by atoms with van der Waals surface area (Å²) in [5, 5.41) is 14.4. The Morgan fingerprint density at radius 2 is 1.68 bits per heavy atom. The number of nitro benzene ring substituents is 1. The van der Waals surface area contributed by atoms with Gasteiger partial charge in [-0.25, -0.2) is 9.59 Å². The van der Waals surface area contributed by atoms with Gasteiger partial charge in [-0.3, -0.25) is 10.1 Å². The maximum Gasteiger partial charge on any atom is 0.337 e. The molecule has 1 atom stereocenters. The quantitative estimate of drug-likeness (QED) is 0.362. The number of esters is 2. The monoisotopic (exact) mass is 462 g/mol. The fourth-order valence-electron chi connectivity index (χ4n) is 3.93.